The van der Waals surface area contributed by atoms with Gasteiger partial charge in [-0.15, -0.1) is 0 Å². The highest BCUT2D eigenvalue weighted by Gasteiger charge is 2.26. The van der Waals surface area contributed by atoms with Crippen molar-refractivity contribution in [2.75, 3.05) is 7.11 Å². The highest BCUT2D eigenvalue weighted by Crippen LogP contribution is 2.22. The molecule has 6 nitrogen and oxygen atoms in total. The molecule has 1 fully saturated rings. The van der Waals surface area contributed by atoms with Gasteiger partial charge in [-0.25, -0.2) is 9.52 Å². The molecule has 20 heavy (non-hydrogen) atoms. The normalized spacial score (nSPS) is 22.2. The molecule has 1 aliphatic rings. The van der Waals surface area contributed by atoms with E-state index in [9.17, 15) is 14.7 Å². The van der Waals surface area contributed by atoms with Gasteiger partial charge in [0, 0.05) is 4.90 Å². The largest absolute Gasteiger partial charge is 0.465 e. The van der Waals surface area contributed by atoms with E-state index in [-0.39, 0.29) is 5.91 Å². The van der Waals surface area contributed by atoms with Crippen LogP contribution in [0.15, 0.2) is 29.2 Å². The number of hydrogen-bond donors (Lipinski definition) is 3. The Bertz CT molecular complexity index is 509. The van der Waals surface area contributed by atoms with Crippen LogP contribution in [0, 0.1) is 0 Å². The van der Waals surface area contributed by atoms with Gasteiger partial charge in [-0.1, -0.05) is 12.1 Å². The van der Waals surface area contributed by atoms with Crippen LogP contribution in [0.2, 0.25) is 0 Å². The molecule has 1 aromatic carbocycles. The van der Waals surface area contributed by atoms with Crippen molar-refractivity contribution < 1.29 is 19.4 Å². The standard InChI is InChI=1S/C13H16N2O4S/c1-19-13(18)8-4-2-3-5-10(8)20-15-9-6-7-11(16)14-12(9)17/h2-5,9,11,15-16H,6-7H2,1H3,(H,14,17). The van der Waals surface area contributed by atoms with Crippen molar-refractivity contribution in [3.63, 3.8) is 0 Å². The smallest absolute Gasteiger partial charge is 0.339 e. The number of carbonyl (C=O) groups excluding carboxylic acids is 2. The van der Waals surface area contributed by atoms with Crippen LogP contribution in [-0.4, -0.2) is 36.4 Å². The lowest BCUT2D eigenvalue weighted by Gasteiger charge is -2.26. The minimum absolute atomic E-state index is 0.244. The van der Waals surface area contributed by atoms with Crippen LogP contribution >= 0.6 is 11.9 Å². The van der Waals surface area contributed by atoms with Gasteiger partial charge < -0.3 is 15.2 Å². The Morgan fingerprint density at radius 1 is 1.45 bits per heavy atom. The number of nitrogens with one attached hydrogen (secondary N) is 2. The highest BCUT2D eigenvalue weighted by molar-refractivity contribution is 7.97. The van der Waals surface area contributed by atoms with Gasteiger partial charge in [0.2, 0.25) is 5.91 Å². The third kappa shape index (κ3) is 3.50. The first kappa shape index (κ1) is 14.8. The number of aliphatic hydroxyl groups is 1. The number of piperidine rings is 1. The molecule has 0 radical (unpaired) electrons. The first-order valence-corrected chi connectivity index (χ1v) is 7.01. The van der Waals surface area contributed by atoms with Crippen molar-refractivity contribution in [2.24, 2.45) is 0 Å². The van der Waals surface area contributed by atoms with Gasteiger partial charge in [0.05, 0.1) is 18.7 Å². The SMILES string of the molecule is COC(=O)c1ccccc1SNC1CCC(O)NC1=O. The first-order valence-electron chi connectivity index (χ1n) is 6.20. The minimum Gasteiger partial charge on any atom is -0.465 e. The van der Waals surface area contributed by atoms with Gasteiger partial charge in [-0.2, -0.15) is 0 Å². The molecule has 7 heteroatoms. The van der Waals surface area contributed by atoms with E-state index in [4.69, 9.17) is 4.74 Å². The summed E-state index contributed by atoms with van der Waals surface area (Å²) < 4.78 is 7.72. The topological polar surface area (TPSA) is 87.7 Å². The van der Waals surface area contributed by atoms with E-state index in [1.54, 1.807) is 24.3 Å². The maximum absolute atomic E-state index is 11.7. The Morgan fingerprint density at radius 3 is 2.90 bits per heavy atom. The average Bonchev–Trinajstić information content (AvgIpc) is 2.46. The van der Waals surface area contributed by atoms with Crippen LogP contribution in [0.3, 0.4) is 0 Å². The molecule has 0 spiro atoms. The maximum Gasteiger partial charge on any atom is 0.339 e. The lowest BCUT2D eigenvalue weighted by molar-refractivity contribution is -0.128. The second-order valence-electron chi connectivity index (χ2n) is 4.36. The van der Waals surface area contributed by atoms with Gasteiger partial charge in [0.15, 0.2) is 0 Å². The third-order valence-electron chi connectivity index (χ3n) is 2.96. The van der Waals surface area contributed by atoms with E-state index in [2.05, 4.69) is 10.0 Å². The molecule has 2 rings (SSSR count). The summed E-state index contributed by atoms with van der Waals surface area (Å²) in [7, 11) is 1.33. The van der Waals surface area contributed by atoms with Crippen LogP contribution in [0.5, 0.6) is 0 Å². The van der Waals surface area contributed by atoms with Gasteiger partial charge in [0.25, 0.3) is 0 Å². The van der Waals surface area contributed by atoms with E-state index in [1.807, 2.05) is 0 Å². The zero-order valence-electron chi connectivity index (χ0n) is 11.0. The molecule has 1 aliphatic heterocycles. The highest BCUT2D eigenvalue weighted by atomic mass is 32.2. The van der Waals surface area contributed by atoms with Crippen molar-refractivity contribution >= 4 is 23.8 Å². The Labute approximate surface area is 121 Å². The Kier molecular flexibility index (Phi) is 4.99. The van der Waals surface area contributed by atoms with E-state index in [0.29, 0.717) is 23.3 Å². The quantitative estimate of drug-likeness (QED) is 0.559. The second-order valence-corrected chi connectivity index (χ2v) is 5.24. The molecule has 2 unspecified atom stereocenters. The fraction of sp³-hybridized carbons (Fsp3) is 0.385. The van der Waals surface area contributed by atoms with Crippen LogP contribution in [0.4, 0.5) is 0 Å². The lowest BCUT2D eigenvalue weighted by atomic mass is 10.1. The molecule has 0 saturated carbocycles. The van der Waals surface area contributed by atoms with Gasteiger partial charge in [0.1, 0.15) is 6.23 Å². The van der Waals surface area contributed by atoms with Crippen LogP contribution in [0.1, 0.15) is 23.2 Å². The fourth-order valence-electron chi connectivity index (χ4n) is 1.87. The number of methoxy groups -OCH3 is 1. The Hall–Kier alpha value is -1.57. The van der Waals surface area contributed by atoms with Crippen LogP contribution < -0.4 is 10.0 Å². The van der Waals surface area contributed by atoms with Crippen molar-refractivity contribution in [1.29, 1.82) is 0 Å². The molecule has 0 bridgehead atoms. The molecule has 1 amide bonds. The van der Waals surface area contributed by atoms with Gasteiger partial charge >= 0.3 is 5.97 Å². The fourth-order valence-corrected chi connectivity index (χ4v) is 2.78. The van der Waals surface area contributed by atoms with E-state index in [0.717, 1.165) is 0 Å². The number of ether oxygens (including phenoxy) is 1. The first-order chi connectivity index (χ1) is 9.61. The summed E-state index contributed by atoms with van der Waals surface area (Å²) >= 11 is 1.21. The zero-order valence-corrected chi connectivity index (χ0v) is 11.8. The molecule has 1 heterocycles. The second kappa shape index (κ2) is 6.74. The zero-order chi connectivity index (χ0) is 14.5. The lowest BCUT2D eigenvalue weighted by Crippen LogP contribution is -2.50. The number of aliphatic hydroxyl groups excluding tert-OH is 1. The summed E-state index contributed by atoms with van der Waals surface area (Å²) in [5, 5.41) is 11.8. The maximum atomic E-state index is 11.7. The van der Waals surface area contributed by atoms with E-state index < -0.39 is 18.2 Å². The van der Waals surface area contributed by atoms with Crippen molar-refractivity contribution in [3.8, 4) is 0 Å². The van der Waals surface area contributed by atoms with Crippen molar-refractivity contribution in [3.05, 3.63) is 29.8 Å². The number of amides is 1. The molecule has 0 aliphatic carbocycles. The van der Waals surface area contributed by atoms with Crippen LogP contribution in [-0.2, 0) is 9.53 Å². The number of esters is 1. The summed E-state index contributed by atoms with van der Waals surface area (Å²) in [6.07, 6.45) is 0.274. The summed E-state index contributed by atoms with van der Waals surface area (Å²) in [5.41, 5.74) is 0.448. The molecule has 2 atom stereocenters. The van der Waals surface area contributed by atoms with Gasteiger partial charge in [-0.05, 0) is 36.9 Å². The molecule has 3 N–H and O–H groups in total. The predicted molar refractivity (Wildman–Crippen MR) is 73.9 cm³/mol. The molecule has 1 saturated heterocycles. The summed E-state index contributed by atoms with van der Waals surface area (Å²) in [6, 6.07) is 6.61. The third-order valence-corrected chi connectivity index (χ3v) is 3.94. The Morgan fingerprint density at radius 2 is 2.20 bits per heavy atom. The molecule has 108 valence electrons. The minimum atomic E-state index is -0.770. The van der Waals surface area contributed by atoms with E-state index >= 15 is 0 Å². The van der Waals surface area contributed by atoms with Crippen molar-refractivity contribution in [2.45, 2.75) is 30.0 Å². The number of rotatable bonds is 4. The summed E-state index contributed by atoms with van der Waals surface area (Å²) in [5.74, 6) is -0.662. The molecule has 0 aromatic heterocycles. The van der Waals surface area contributed by atoms with Crippen LogP contribution in [0.25, 0.3) is 0 Å². The number of carbonyl (C=O) groups is 2. The Balaban J connectivity index is 2.01. The number of hydrogen-bond acceptors (Lipinski definition) is 6. The monoisotopic (exact) mass is 296 g/mol. The summed E-state index contributed by atoms with van der Waals surface area (Å²) in [6.45, 7) is 0. The molecule has 1 aromatic rings. The average molecular weight is 296 g/mol. The summed E-state index contributed by atoms with van der Waals surface area (Å²) in [4.78, 5) is 24.0. The number of benzene rings is 1. The predicted octanol–water partition coefficient (Wildman–Crippen LogP) is 0.667. The van der Waals surface area contributed by atoms with Gasteiger partial charge in [-0.3, -0.25) is 4.79 Å². The molecular formula is C13H16N2O4S. The van der Waals surface area contributed by atoms with E-state index in [1.165, 1.54) is 19.1 Å². The molecular weight excluding hydrogens is 280 g/mol. The van der Waals surface area contributed by atoms with Crippen molar-refractivity contribution in [1.82, 2.24) is 10.0 Å².